The summed E-state index contributed by atoms with van der Waals surface area (Å²) < 4.78 is 39.9. The van der Waals surface area contributed by atoms with E-state index in [1.54, 1.807) is 54.6 Å². The summed E-state index contributed by atoms with van der Waals surface area (Å²) in [6.07, 6.45) is 4.24. The van der Waals surface area contributed by atoms with Gasteiger partial charge < -0.3 is 19.7 Å². The highest BCUT2D eigenvalue weighted by atomic mass is 35.5. The summed E-state index contributed by atoms with van der Waals surface area (Å²) in [5.41, 5.74) is 0.971. The Labute approximate surface area is 258 Å². The van der Waals surface area contributed by atoms with Crippen LogP contribution in [0.2, 0.25) is 5.02 Å². The van der Waals surface area contributed by atoms with Crippen molar-refractivity contribution in [2.75, 3.05) is 25.1 Å². The van der Waals surface area contributed by atoms with Gasteiger partial charge in [0, 0.05) is 23.7 Å². The van der Waals surface area contributed by atoms with Gasteiger partial charge in [-0.05, 0) is 61.2 Å². The molecule has 1 fully saturated rings. The monoisotopic (exact) mass is 627 g/mol. The van der Waals surface area contributed by atoms with E-state index in [9.17, 15) is 18.0 Å². The number of halogens is 1. The van der Waals surface area contributed by atoms with Gasteiger partial charge in [0.2, 0.25) is 11.8 Å². The summed E-state index contributed by atoms with van der Waals surface area (Å²) in [4.78, 5) is 29.3. The Morgan fingerprint density at radius 3 is 2.21 bits per heavy atom. The first kappa shape index (κ1) is 32.2. The maximum absolute atomic E-state index is 14.3. The second kappa shape index (κ2) is 14.6. The number of nitrogens with zero attached hydrogens (tertiary/aromatic N) is 2. The van der Waals surface area contributed by atoms with Crippen LogP contribution in [0.15, 0.2) is 77.7 Å². The number of ether oxygens (including phenoxy) is 2. The largest absolute Gasteiger partial charge is 0.493 e. The molecule has 0 aromatic heterocycles. The predicted molar refractivity (Wildman–Crippen MR) is 167 cm³/mol. The van der Waals surface area contributed by atoms with Gasteiger partial charge in [-0.3, -0.25) is 13.9 Å². The van der Waals surface area contributed by atoms with Crippen molar-refractivity contribution < 1.29 is 27.5 Å². The van der Waals surface area contributed by atoms with E-state index in [1.165, 1.54) is 37.3 Å². The van der Waals surface area contributed by atoms with Crippen LogP contribution in [0.1, 0.15) is 44.6 Å². The number of hydrogen-bond acceptors (Lipinski definition) is 6. The van der Waals surface area contributed by atoms with Crippen LogP contribution < -0.4 is 19.1 Å². The Bertz CT molecular complexity index is 1500. The van der Waals surface area contributed by atoms with Crippen LogP contribution >= 0.6 is 11.6 Å². The zero-order valence-electron chi connectivity index (χ0n) is 24.7. The van der Waals surface area contributed by atoms with Gasteiger partial charge in [-0.1, -0.05) is 61.7 Å². The SMILES string of the molecule is CC[C@H](C(=O)NC1CCCC1)N(Cc1ccc(Cl)cc1)C(=O)CN(c1ccc(OC)c(OC)c1)S(=O)(=O)c1ccccc1. The molecule has 3 aromatic rings. The molecule has 0 spiro atoms. The fraction of sp³-hybridized carbons (Fsp3) is 0.375. The van der Waals surface area contributed by atoms with Crippen molar-refractivity contribution in [2.45, 2.75) is 62.6 Å². The number of anilines is 1. The average Bonchev–Trinajstić information content (AvgIpc) is 3.53. The molecule has 9 nitrogen and oxygen atoms in total. The summed E-state index contributed by atoms with van der Waals surface area (Å²) >= 11 is 6.10. The molecule has 43 heavy (non-hydrogen) atoms. The van der Waals surface area contributed by atoms with Crippen LogP contribution in [0.5, 0.6) is 11.5 Å². The molecule has 1 N–H and O–H groups in total. The molecular weight excluding hydrogens is 590 g/mol. The van der Waals surface area contributed by atoms with Crippen molar-refractivity contribution in [3.8, 4) is 11.5 Å². The first-order chi connectivity index (χ1) is 20.7. The number of carbonyl (C=O) groups excluding carboxylic acids is 2. The van der Waals surface area contributed by atoms with Gasteiger partial charge in [-0.25, -0.2) is 8.42 Å². The minimum Gasteiger partial charge on any atom is -0.493 e. The van der Waals surface area contributed by atoms with Crippen LogP contribution in [0.4, 0.5) is 5.69 Å². The van der Waals surface area contributed by atoms with Crippen LogP contribution in [0.25, 0.3) is 0 Å². The molecule has 1 aliphatic rings. The minimum atomic E-state index is -4.21. The van der Waals surface area contributed by atoms with E-state index < -0.39 is 28.5 Å². The lowest BCUT2D eigenvalue weighted by Crippen LogP contribution is -2.53. The van der Waals surface area contributed by atoms with Crippen molar-refractivity contribution >= 4 is 39.1 Å². The Morgan fingerprint density at radius 1 is 0.953 bits per heavy atom. The van der Waals surface area contributed by atoms with E-state index in [0.29, 0.717) is 22.9 Å². The van der Waals surface area contributed by atoms with Gasteiger partial charge in [-0.15, -0.1) is 0 Å². The number of nitrogens with one attached hydrogen (secondary N) is 1. The number of rotatable bonds is 13. The second-order valence-corrected chi connectivity index (χ2v) is 12.7. The zero-order valence-corrected chi connectivity index (χ0v) is 26.2. The molecule has 0 bridgehead atoms. The lowest BCUT2D eigenvalue weighted by atomic mass is 10.1. The number of amides is 2. The Morgan fingerprint density at radius 2 is 1.60 bits per heavy atom. The number of methoxy groups -OCH3 is 2. The molecule has 2 amide bonds. The van der Waals surface area contributed by atoms with Gasteiger partial charge in [0.1, 0.15) is 12.6 Å². The molecule has 0 radical (unpaired) electrons. The molecule has 4 rings (SSSR count). The normalized spacial score (nSPS) is 14.1. The summed E-state index contributed by atoms with van der Waals surface area (Å²) in [6, 6.07) is 18.8. The molecule has 230 valence electrons. The quantitative estimate of drug-likeness (QED) is 0.271. The summed E-state index contributed by atoms with van der Waals surface area (Å²) in [5, 5.41) is 3.66. The highest BCUT2D eigenvalue weighted by molar-refractivity contribution is 7.92. The molecule has 0 saturated heterocycles. The topological polar surface area (TPSA) is 105 Å². The molecule has 1 atom stereocenters. The Balaban J connectivity index is 1.74. The Hall–Kier alpha value is -3.76. The zero-order chi connectivity index (χ0) is 31.0. The van der Waals surface area contributed by atoms with E-state index in [4.69, 9.17) is 21.1 Å². The molecule has 0 unspecified atom stereocenters. The second-order valence-electron chi connectivity index (χ2n) is 10.4. The number of hydrogen-bond donors (Lipinski definition) is 1. The smallest absolute Gasteiger partial charge is 0.264 e. The van der Waals surface area contributed by atoms with Gasteiger partial charge in [0.15, 0.2) is 11.5 Å². The van der Waals surface area contributed by atoms with Crippen molar-refractivity contribution in [1.29, 1.82) is 0 Å². The average molecular weight is 628 g/mol. The lowest BCUT2D eigenvalue weighted by molar-refractivity contribution is -0.140. The minimum absolute atomic E-state index is 0.0212. The highest BCUT2D eigenvalue weighted by Gasteiger charge is 2.35. The molecule has 1 saturated carbocycles. The molecule has 11 heteroatoms. The van der Waals surface area contributed by atoms with Crippen LogP contribution in [0.3, 0.4) is 0 Å². The maximum atomic E-state index is 14.3. The third kappa shape index (κ3) is 7.80. The number of sulfonamides is 1. The van der Waals surface area contributed by atoms with Gasteiger partial charge in [0.25, 0.3) is 10.0 Å². The maximum Gasteiger partial charge on any atom is 0.264 e. The molecule has 3 aromatic carbocycles. The van der Waals surface area contributed by atoms with Crippen molar-refractivity contribution in [2.24, 2.45) is 0 Å². The van der Waals surface area contributed by atoms with Gasteiger partial charge in [-0.2, -0.15) is 0 Å². The highest BCUT2D eigenvalue weighted by Crippen LogP contribution is 2.34. The summed E-state index contributed by atoms with van der Waals surface area (Å²) in [5.74, 6) is -0.0623. The van der Waals surface area contributed by atoms with Crippen LogP contribution in [-0.4, -0.2) is 58.0 Å². The van der Waals surface area contributed by atoms with Gasteiger partial charge >= 0.3 is 0 Å². The van der Waals surface area contributed by atoms with Crippen LogP contribution in [-0.2, 0) is 26.2 Å². The fourth-order valence-corrected chi connectivity index (χ4v) is 6.86. The number of benzene rings is 3. The van der Waals surface area contributed by atoms with Crippen molar-refractivity contribution in [3.63, 3.8) is 0 Å². The molecular formula is C32H38ClN3O6S. The van der Waals surface area contributed by atoms with Gasteiger partial charge in [0.05, 0.1) is 24.8 Å². The number of carbonyl (C=O) groups is 2. The van der Waals surface area contributed by atoms with Crippen molar-refractivity contribution in [3.05, 3.63) is 83.4 Å². The van der Waals surface area contributed by atoms with E-state index >= 15 is 0 Å². The Kier molecular flexibility index (Phi) is 10.9. The standard InChI is InChI=1S/C32H38ClN3O6S/c1-4-28(32(38)34-25-10-8-9-11-25)35(21-23-14-16-24(33)17-15-23)31(37)22-36(43(39,40)27-12-6-5-7-13-27)26-18-19-29(41-2)30(20-26)42-3/h5-7,12-20,25,28H,4,8-11,21-22H2,1-3H3,(H,34,38)/t28-/m1/s1. The first-order valence-electron chi connectivity index (χ1n) is 14.3. The lowest BCUT2D eigenvalue weighted by Gasteiger charge is -2.34. The van der Waals surface area contributed by atoms with E-state index in [2.05, 4.69) is 5.32 Å². The predicted octanol–water partition coefficient (Wildman–Crippen LogP) is 5.42. The van der Waals surface area contributed by atoms with Crippen molar-refractivity contribution in [1.82, 2.24) is 10.2 Å². The van der Waals surface area contributed by atoms with E-state index in [1.807, 2.05) is 6.92 Å². The fourth-order valence-electron chi connectivity index (χ4n) is 5.30. The first-order valence-corrected chi connectivity index (χ1v) is 16.1. The third-order valence-electron chi connectivity index (χ3n) is 7.62. The summed E-state index contributed by atoms with van der Waals surface area (Å²) in [6.45, 7) is 1.39. The molecule has 0 heterocycles. The molecule has 1 aliphatic carbocycles. The van der Waals surface area contributed by atoms with E-state index in [-0.39, 0.29) is 29.1 Å². The summed E-state index contributed by atoms with van der Waals surface area (Å²) in [7, 11) is -1.27. The molecule has 0 aliphatic heterocycles. The van der Waals surface area contributed by atoms with Crippen LogP contribution in [0, 0.1) is 0 Å². The van der Waals surface area contributed by atoms with E-state index in [0.717, 1.165) is 35.6 Å². The third-order valence-corrected chi connectivity index (χ3v) is 9.66.